The molecular formula is C26H29N3O2. The first-order chi connectivity index (χ1) is 15.2. The van der Waals surface area contributed by atoms with Crippen LogP contribution in [-0.4, -0.2) is 50.7 Å². The summed E-state index contributed by atoms with van der Waals surface area (Å²) in [6, 6.07) is 26.6. The molecule has 5 nitrogen and oxygen atoms in total. The topological polar surface area (TPSA) is 44.8 Å². The molecule has 0 aliphatic carbocycles. The highest BCUT2D eigenvalue weighted by Gasteiger charge is 2.16. The lowest BCUT2D eigenvalue weighted by Gasteiger charge is -2.31. The van der Waals surface area contributed by atoms with Crippen LogP contribution >= 0.6 is 0 Å². The Labute approximate surface area is 184 Å². The molecule has 0 aromatic heterocycles. The van der Waals surface area contributed by atoms with Crippen LogP contribution in [0.1, 0.15) is 5.56 Å². The Morgan fingerprint density at radius 3 is 2.29 bits per heavy atom. The maximum absolute atomic E-state index is 12.6. The minimum Gasteiger partial charge on any atom is -0.378 e. The standard InChI is InChI=1S/C26H29N3O2/c1-28(19-23-9-5-6-10-25(23)29-15-17-31-18-16-29)20-26(30)27-24-13-11-22(12-14-24)21-7-3-2-4-8-21/h2-14H,15-20H2,1H3,(H,27,30). The number of amides is 1. The molecule has 31 heavy (non-hydrogen) atoms. The minimum atomic E-state index is -0.0150. The van der Waals surface area contributed by atoms with Crippen molar-refractivity contribution >= 4 is 17.3 Å². The van der Waals surface area contributed by atoms with Crippen molar-refractivity contribution in [3.63, 3.8) is 0 Å². The Morgan fingerprint density at radius 2 is 1.55 bits per heavy atom. The van der Waals surface area contributed by atoms with Gasteiger partial charge < -0.3 is 15.0 Å². The van der Waals surface area contributed by atoms with E-state index in [4.69, 9.17) is 4.74 Å². The first-order valence-electron chi connectivity index (χ1n) is 10.7. The Kier molecular flexibility index (Phi) is 6.97. The van der Waals surface area contributed by atoms with Crippen LogP contribution < -0.4 is 10.2 Å². The molecule has 1 heterocycles. The van der Waals surface area contributed by atoms with Crippen molar-refractivity contribution < 1.29 is 9.53 Å². The molecule has 0 atom stereocenters. The molecule has 0 bridgehead atoms. The lowest BCUT2D eigenvalue weighted by Crippen LogP contribution is -2.37. The highest BCUT2D eigenvalue weighted by Crippen LogP contribution is 2.23. The summed E-state index contributed by atoms with van der Waals surface area (Å²) in [7, 11) is 1.98. The predicted molar refractivity (Wildman–Crippen MR) is 126 cm³/mol. The van der Waals surface area contributed by atoms with Gasteiger partial charge in [-0.2, -0.15) is 0 Å². The van der Waals surface area contributed by atoms with E-state index in [9.17, 15) is 4.79 Å². The number of morpholine rings is 1. The summed E-state index contributed by atoms with van der Waals surface area (Å²) in [6.07, 6.45) is 0. The number of likely N-dealkylation sites (N-methyl/N-ethyl adjacent to an activating group) is 1. The van der Waals surface area contributed by atoms with Crippen LogP contribution in [0.3, 0.4) is 0 Å². The number of nitrogens with one attached hydrogen (secondary N) is 1. The molecule has 1 aliphatic heterocycles. The Morgan fingerprint density at radius 1 is 0.903 bits per heavy atom. The average molecular weight is 416 g/mol. The third kappa shape index (κ3) is 5.72. The van der Waals surface area contributed by atoms with Gasteiger partial charge in [0.25, 0.3) is 0 Å². The van der Waals surface area contributed by atoms with Crippen LogP contribution in [0.15, 0.2) is 78.9 Å². The van der Waals surface area contributed by atoms with E-state index in [2.05, 4.69) is 46.6 Å². The van der Waals surface area contributed by atoms with Crippen molar-refractivity contribution in [1.82, 2.24) is 4.90 Å². The zero-order valence-electron chi connectivity index (χ0n) is 18.0. The Bertz CT molecular complexity index is 983. The molecular weight excluding hydrogens is 386 g/mol. The summed E-state index contributed by atoms with van der Waals surface area (Å²) in [5.41, 5.74) is 5.57. The fraction of sp³-hybridized carbons (Fsp3) is 0.269. The van der Waals surface area contributed by atoms with Crippen molar-refractivity contribution in [2.45, 2.75) is 6.54 Å². The van der Waals surface area contributed by atoms with Gasteiger partial charge in [0.1, 0.15) is 0 Å². The van der Waals surface area contributed by atoms with Crippen LogP contribution in [0, 0.1) is 0 Å². The monoisotopic (exact) mass is 415 g/mol. The number of hydrogen-bond donors (Lipinski definition) is 1. The summed E-state index contributed by atoms with van der Waals surface area (Å²) in [4.78, 5) is 17.0. The van der Waals surface area contributed by atoms with Crippen molar-refractivity contribution in [2.75, 3.05) is 50.1 Å². The van der Waals surface area contributed by atoms with E-state index in [1.165, 1.54) is 16.8 Å². The first-order valence-corrected chi connectivity index (χ1v) is 10.7. The Balaban J connectivity index is 1.33. The van der Waals surface area contributed by atoms with Gasteiger partial charge in [-0.3, -0.25) is 9.69 Å². The van der Waals surface area contributed by atoms with Gasteiger partial charge in [-0.25, -0.2) is 0 Å². The largest absolute Gasteiger partial charge is 0.378 e. The number of para-hydroxylation sites is 1. The molecule has 3 aromatic carbocycles. The molecule has 0 saturated carbocycles. The van der Waals surface area contributed by atoms with E-state index in [0.717, 1.165) is 37.6 Å². The maximum atomic E-state index is 12.6. The molecule has 1 saturated heterocycles. The fourth-order valence-corrected chi connectivity index (χ4v) is 3.93. The average Bonchev–Trinajstić information content (AvgIpc) is 2.81. The lowest BCUT2D eigenvalue weighted by atomic mass is 10.1. The number of anilines is 2. The smallest absolute Gasteiger partial charge is 0.238 e. The van der Waals surface area contributed by atoms with E-state index >= 15 is 0 Å². The Hall–Kier alpha value is -3.15. The van der Waals surface area contributed by atoms with E-state index in [1.807, 2.05) is 54.4 Å². The van der Waals surface area contributed by atoms with Gasteiger partial charge in [0.2, 0.25) is 5.91 Å². The quantitative estimate of drug-likeness (QED) is 0.626. The number of ether oxygens (including phenoxy) is 1. The molecule has 1 aliphatic rings. The lowest BCUT2D eigenvalue weighted by molar-refractivity contribution is -0.117. The van der Waals surface area contributed by atoms with Crippen LogP contribution in [0.5, 0.6) is 0 Å². The number of hydrogen-bond acceptors (Lipinski definition) is 4. The highest BCUT2D eigenvalue weighted by atomic mass is 16.5. The maximum Gasteiger partial charge on any atom is 0.238 e. The second-order valence-electron chi connectivity index (χ2n) is 7.89. The minimum absolute atomic E-state index is 0.0150. The summed E-state index contributed by atoms with van der Waals surface area (Å²) in [6.45, 7) is 4.37. The molecule has 4 rings (SSSR count). The van der Waals surface area contributed by atoms with Crippen LogP contribution in [0.25, 0.3) is 11.1 Å². The second-order valence-corrected chi connectivity index (χ2v) is 7.89. The number of nitrogens with zero attached hydrogens (tertiary/aromatic N) is 2. The normalized spacial score (nSPS) is 13.9. The van der Waals surface area contributed by atoms with Gasteiger partial charge in [-0.15, -0.1) is 0 Å². The van der Waals surface area contributed by atoms with Crippen molar-refractivity contribution in [3.05, 3.63) is 84.4 Å². The summed E-state index contributed by atoms with van der Waals surface area (Å²) >= 11 is 0. The molecule has 3 aromatic rings. The van der Waals surface area contributed by atoms with Gasteiger partial charge >= 0.3 is 0 Å². The van der Waals surface area contributed by atoms with E-state index < -0.39 is 0 Å². The fourth-order valence-electron chi connectivity index (χ4n) is 3.93. The highest BCUT2D eigenvalue weighted by molar-refractivity contribution is 5.92. The number of rotatable bonds is 7. The SMILES string of the molecule is CN(CC(=O)Nc1ccc(-c2ccccc2)cc1)Cc1ccccc1N1CCOCC1. The van der Waals surface area contributed by atoms with Gasteiger partial charge in [0.15, 0.2) is 0 Å². The van der Waals surface area contributed by atoms with E-state index in [1.54, 1.807) is 0 Å². The van der Waals surface area contributed by atoms with Crippen molar-refractivity contribution in [2.24, 2.45) is 0 Å². The van der Waals surface area contributed by atoms with Gasteiger partial charge in [0.05, 0.1) is 19.8 Å². The van der Waals surface area contributed by atoms with Crippen molar-refractivity contribution in [3.8, 4) is 11.1 Å². The summed E-state index contributed by atoms with van der Waals surface area (Å²) in [5, 5.41) is 3.01. The van der Waals surface area contributed by atoms with Crippen molar-refractivity contribution in [1.29, 1.82) is 0 Å². The molecule has 5 heteroatoms. The molecule has 160 valence electrons. The second kappa shape index (κ2) is 10.2. The third-order valence-corrected chi connectivity index (χ3v) is 5.47. The van der Waals surface area contributed by atoms with Gasteiger partial charge in [-0.1, -0.05) is 60.7 Å². The summed E-state index contributed by atoms with van der Waals surface area (Å²) in [5.74, 6) is -0.0150. The zero-order valence-corrected chi connectivity index (χ0v) is 18.0. The number of carbonyl (C=O) groups is 1. The van der Waals surface area contributed by atoms with Crippen LogP contribution in [0.2, 0.25) is 0 Å². The molecule has 0 unspecified atom stereocenters. The number of carbonyl (C=O) groups excluding carboxylic acids is 1. The zero-order chi connectivity index (χ0) is 21.5. The van der Waals surface area contributed by atoms with E-state index in [0.29, 0.717) is 13.1 Å². The summed E-state index contributed by atoms with van der Waals surface area (Å²) < 4.78 is 5.48. The van der Waals surface area contributed by atoms with Gasteiger partial charge in [-0.05, 0) is 41.9 Å². The number of benzene rings is 3. The first kappa shape index (κ1) is 21.1. The van der Waals surface area contributed by atoms with Crippen LogP contribution in [0.4, 0.5) is 11.4 Å². The predicted octanol–water partition coefficient (Wildman–Crippen LogP) is 4.26. The van der Waals surface area contributed by atoms with E-state index in [-0.39, 0.29) is 5.91 Å². The molecule has 0 radical (unpaired) electrons. The molecule has 1 fully saturated rings. The van der Waals surface area contributed by atoms with Gasteiger partial charge in [0, 0.05) is 31.0 Å². The molecule has 1 amide bonds. The molecule has 1 N–H and O–H groups in total. The van der Waals surface area contributed by atoms with Crippen LogP contribution in [-0.2, 0) is 16.1 Å². The molecule has 0 spiro atoms. The third-order valence-electron chi connectivity index (χ3n) is 5.47.